The second-order valence-electron chi connectivity index (χ2n) is 3.19. The highest BCUT2D eigenvalue weighted by molar-refractivity contribution is 6.00. The van der Waals surface area contributed by atoms with Gasteiger partial charge in [-0.25, -0.2) is 4.98 Å². The number of carbonyl (C=O) groups excluding carboxylic acids is 1. The van der Waals surface area contributed by atoms with Gasteiger partial charge in [-0.1, -0.05) is 6.07 Å². The van der Waals surface area contributed by atoms with Crippen LogP contribution in [0.25, 0.3) is 10.8 Å². The van der Waals surface area contributed by atoms with Crippen molar-refractivity contribution in [2.24, 2.45) is 0 Å². The highest BCUT2D eigenvalue weighted by Gasteiger charge is 2.02. The molecule has 3 heteroatoms. The summed E-state index contributed by atoms with van der Waals surface area (Å²) in [6, 6.07) is 7.27. The Labute approximate surface area is 81.6 Å². The van der Waals surface area contributed by atoms with Gasteiger partial charge in [0, 0.05) is 17.1 Å². The molecule has 1 aromatic carbocycles. The first-order valence-corrected chi connectivity index (χ1v) is 4.33. The van der Waals surface area contributed by atoms with Crippen LogP contribution in [-0.2, 0) is 0 Å². The monoisotopic (exact) mass is 186 g/mol. The maximum absolute atomic E-state index is 11.1. The van der Waals surface area contributed by atoms with Gasteiger partial charge in [-0.2, -0.15) is 0 Å². The standard InChI is InChI=1S/C11H10N2O/c1-7(14)8-2-3-10-9(6-8)4-5-13-11(10)12/h2-6H,1H3,(H2,12,13). The molecule has 2 rings (SSSR count). The van der Waals surface area contributed by atoms with Gasteiger partial charge < -0.3 is 5.73 Å². The number of carbonyl (C=O) groups is 1. The highest BCUT2D eigenvalue weighted by atomic mass is 16.1. The SMILES string of the molecule is CC(=O)c1ccc2c(N)nccc2c1. The summed E-state index contributed by atoms with van der Waals surface area (Å²) in [5, 5.41) is 1.84. The zero-order chi connectivity index (χ0) is 10.1. The van der Waals surface area contributed by atoms with Crippen LogP contribution < -0.4 is 5.73 Å². The highest BCUT2D eigenvalue weighted by Crippen LogP contribution is 2.19. The number of hydrogen-bond acceptors (Lipinski definition) is 3. The van der Waals surface area contributed by atoms with Crippen LogP contribution >= 0.6 is 0 Å². The second-order valence-corrected chi connectivity index (χ2v) is 3.19. The summed E-state index contributed by atoms with van der Waals surface area (Å²) in [5.41, 5.74) is 6.38. The Bertz CT molecular complexity index is 506. The van der Waals surface area contributed by atoms with E-state index in [-0.39, 0.29) is 5.78 Å². The van der Waals surface area contributed by atoms with Gasteiger partial charge in [0.05, 0.1) is 0 Å². The van der Waals surface area contributed by atoms with E-state index in [2.05, 4.69) is 4.98 Å². The summed E-state index contributed by atoms with van der Waals surface area (Å²) >= 11 is 0. The minimum atomic E-state index is 0.0577. The van der Waals surface area contributed by atoms with Crippen LogP contribution in [0, 0.1) is 0 Å². The van der Waals surface area contributed by atoms with Crippen LogP contribution in [-0.4, -0.2) is 10.8 Å². The molecule has 2 aromatic rings. The fraction of sp³-hybridized carbons (Fsp3) is 0.0909. The molecular weight excluding hydrogens is 176 g/mol. The lowest BCUT2D eigenvalue weighted by Gasteiger charge is -2.02. The summed E-state index contributed by atoms with van der Waals surface area (Å²) in [4.78, 5) is 15.1. The predicted octanol–water partition coefficient (Wildman–Crippen LogP) is 2.02. The second kappa shape index (κ2) is 3.10. The minimum absolute atomic E-state index is 0.0577. The number of nitrogen functional groups attached to an aromatic ring is 1. The van der Waals surface area contributed by atoms with E-state index >= 15 is 0 Å². The number of fused-ring (bicyclic) bond motifs is 1. The Morgan fingerprint density at radius 1 is 1.36 bits per heavy atom. The molecule has 0 saturated heterocycles. The summed E-state index contributed by atoms with van der Waals surface area (Å²) in [5.74, 6) is 0.555. The molecule has 1 heterocycles. The third kappa shape index (κ3) is 1.33. The lowest BCUT2D eigenvalue weighted by Crippen LogP contribution is -1.94. The molecule has 14 heavy (non-hydrogen) atoms. The number of ketones is 1. The van der Waals surface area contributed by atoms with Gasteiger partial charge in [-0.15, -0.1) is 0 Å². The molecule has 70 valence electrons. The Hall–Kier alpha value is -1.90. The van der Waals surface area contributed by atoms with Crippen molar-refractivity contribution in [2.45, 2.75) is 6.92 Å². The average Bonchev–Trinajstić information content (AvgIpc) is 2.17. The molecular formula is C11H10N2O. The zero-order valence-corrected chi connectivity index (χ0v) is 7.82. The number of hydrogen-bond donors (Lipinski definition) is 1. The van der Waals surface area contributed by atoms with E-state index in [0.717, 1.165) is 10.8 Å². The summed E-state index contributed by atoms with van der Waals surface area (Å²) in [7, 11) is 0. The number of anilines is 1. The van der Waals surface area contributed by atoms with Crippen LogP contribution in [0.1, 0.15) is 17.3 Å². The Morgan fingerprint density at radius 3 is 2.86 bits per heavy atom. The van der Waals surface area contributed by atoms with Gasteiger partial charge in [0.15, 0.2) is 5.78 Å². The van der Waals surface area contributed by atoms with Crippen molar-refractivity contribution in [3.63, 3.8) is 0 Å². The van der Waals surface area contributed by atoms with E-state index in [0.29, 0.717) is 11.4 Å². The maximum Gasteiger partial charge on any atom is 0.159 e. The van der Waals surface area contributed by atoms with Crippen molar-refractivity contribution in [3.8, 4) is 0 Å². The van der Waals surface area contributed by atoms with Crippen LogP contribution in [0.5, 0.6) is 0 Å². The third-order valence-corrected chi connectivity index (χ3v) is 2.20. The molecule has 0 saturated carbocycles. The first-order valence-electron chi connectivity index (χ1n) is 4.33. The number of pyridine rings is 1. The topological polar surface area (TPSA) is 56.0 Å². The van der Waals surface area contributed by atoms with E-state index in [1.54, 1.807) is 19.2 Å². The van der Waals surface area contributed by atoms with E-state index in [4.69, 9.17) is 5.73 Å². The summed E-state index contributed by atoms with van der Waals surface area (Å²) in [6.07, 6.45) is 1.64. The van der Waals surface area contributed by atoms with E-state index in [9.17, 15) is 4.79 Å². The number of nitrogens with zero attached hydrogens (tertiary/aromatic N) is 1. The molecule has 0 fully saturated rings. The smallest absolute Gasteiger partial charge is 0.159 e. The molecule has 0 aliphatic carbocycles. The number of rotatable bonds is 1. The average molecular weight is 186 g/mol. The molecule has 3 nitrogen and oxygen atoms in total. The van der Waals surface area contributed by atoms with Crippen LogP contribution in [0.3, 0.4) is 0 Å². The molecule has 0 aliphatic heterocycles. The first-order chi connectivity index (χ1) is 6.68. The Kier molecular flexibility index (Phi) is 1.93. The fourth-order valence-electron chi connectivity index (χ4n) is 1.42. The van der Waals surface area contributed by atoms with Gasteiger partial charge >= 0.3 is 0 Å². The lowest BCUT2D eigenvalue weighted by atomic mass is 10.1. The predicted molar refractivity (Wildman–Crippen MR) is 56.2 cm³/mol. The minimum Gasteiger partial charge on any atom is -0.383 e. The Morgan fingerprint density at radius 2 is 2.14 bits per heavy atom. The largest absolute Gasteiger partial charge is 0.383 e. The van der Waals surface area contributed by atoms with Gasteiger partial charge in [0.25, 0.3) is 0 Å². The van der Waals surface area contributed by atoms with Crippen LogP contribution in [0.4, 0.5) is 5.82 Å². The van der Waals surface area contributed by atoms with Crippen molar-refractivity contribution < 1.29 is 4.79 Å². The van der Waals surface area contributed by atoms with Crippen LogP contribution in [0.15, 0.2) is 30.5 Å². The van der Waals surface area contributed by atoms with E-state index in [1.165, 1.54) is 0 Å². The molecule has 0 radical (unpaired) electrons. The molecule has 0 unspecified atom stereocenters. The lowest BCUT2D eigenvalue weighted by molar-refractivity contribution is 0.101. The molecule has 2 N–H and O–H groups in total. The quantitative estimate of drug-likeness (QED) is 0.693. The van der Waals surface area contributed by atoms with E-state index < -0.39 is 0 Å². The summed E-state index contributed by atoms with van der Waals surface area (Å²) in [6.45, 7) is 1.55. The Balaban J connectivity index is 2.73. The van der Waals surface area contributed by atoms with Gasteiger partial charge in [-0.3, -0.25) is 4.79 Å². The normalized spacial score (nSPS) is 10.4. The van der Waals surface area contributed by atoms with Crippen molar-refractivity contribution in [1.82, 2.24) is 4.98 Å². The van der Waals surface area contributed by atoms with Crippen LogP contribution in [0.2, 0.25) is 0 Å². The van der Waals surface area contributed by atoms with Crippen molar-refractivity contribution in [2.75, 3.05) is 5.73 Å². The van der Waals surface area contributed by atoms with Gasteiger partial charge in [0.1, 0.15) is 5.82 Å². The fourth-order valence-corrected chi connectivity index (χ4v) is 1.42. The number of nitrogens with two attached hydrogens (primary N) is 1. The molecule has 0 spiro atoms. The van der Waals surface area contributed by atoms with Crippen molar-refractivity contribution >= 4 is 22.4 Å². The van der Waals surface area contributed by atoms with E-state index in [1.807, 2.05) is 18.2 Å². The number of aromatic nitrogens is 1. The molecule has 1 aromatic heterocycles. The van der Waals surface area contributed by atoms with Gasteiger partial charge in [0.2, 0.25) is 0 Å². The summed E-state index contributed by atoms with van der Waals surface area (Å²) < 4.78 is 0. The molecule has 0 aliphatic rings. The van der Waals surface area contributed by atoms with Crippen molar-refractivity contribution in [3.05, 3.63) is 36.0 Å². The maximum atomic E-state index is 11.1. The number of Topliss-reactive ketones (excluding diaryl/α,β-unsaturated/α-hetero) is 1. The first kappa shape index (κ1) is 8.69. The zero-order valence-electron chi connectivity index (χ0n) is 7.82. The third-order valence-electron chi connectivity index (χ3n) is 2.20. The van der Waals surface area contributed by atoms with Gasteiger partial charge in [-0.05, 0) is 30.5 Å². The van der Waals surface area contributed by atoms with Crippen molar-refractivity contribution in [1.29, 1.82) is 0 Å². The molecule has 0 atom stereocenters. The molecule has 0 amide bonds. The molecule has 0 bridgehead atoms. The number of benzene rings is 1.